The lowest BCUT2D eigenvalue weighted by atomic mass is 10.1. The molecule has 1 amide bonds. The van der Waals surface area contributed by atoms with Gasteiger partial charge in [0.25, 0.3) is 5.91 Å². The number of carbonyl (C=O) groups is 1. The van der Waals surface area contributed by atoms with Crippen LogP contribution >= 0.6 is 12.4 Å². The van der Waals surface area contributed by atoms with Crippen LogP contribution in [0.15, 0.2) is 18.2 Å². The predicted octanol–water partition coefficient (Wildman–Crippen LogP) is 1.92. The van der Waals surface area contributed by atoms with Crippen LogP contribution in [0.25, 0.3) is 0 Å². The van der Waals surface area contributed by atoms with Gasteiger partial charge in [-0.25, -0.2) is 0 Å². The first-order valence-electron chi connectivity index (χ1n) is 6.79. The summed E-state index contributed by atoms with van der Waals surface area (Å²) in [6.07, 6.45) is 0. The number of halogens is 1. The minimum absolute atomic E-state index is 0. The van der Waals surface area contributed by atoms with Crippen LogP contribution in [0.3, 0.4) is 0 Å². The zero-order valence-electron chi connectivity index (χ0n) is 12.3. The number of piperazine rings is 1. The summed E-state index contributed by atoms with van der Waals surface area (Å²) < 4.78 is 5.72. The Morgan fingerprint density at radius 3 is 2.65 bits per heavy atom. The van der Waals surface area contributed by atoms with Crippen LogP contribution < -0.4 is 10.1 Å². The van der Waals surface area contributed by atoms with Gasteiger partial charge in [-0.3, -0.25) is 4.79 Å². The van der Waals surface area contributed by atoms with Crippen LogP contribution in [-0.4, -0.2) is 43.1 Å². The van der Waals surface area contributed by atoms with Crippen molar-refractivity contribution in [1.82, 2.24) is 10.2 Å². The molecule has 112 valence electrons. The van der Waals surface area contributed by atoms with Gasteiger partial charge in [-0.05, 0) is 31.9 Å². The van der Waals surface area contributed by atoms with Gasteiger partial charge in [0.15, 0.2) is 6.61 Å². The quantitative estimate of drug-likeness (QED) is 0.927. The number of para-hydroxylation sites is 1. The molecule has 1 N–H and O–H groups in total. The Bertz CT molecular complexity index is 445. The first kappa shape index (κ1) is 16.8. The molecule has 1 aliphatic rings. The molecule has 1 aromatic carbocycles. The summed E-state index contributed by atoms with van der Waals surface area (Å²) in [5, 5.41) is 3.28. The maximum absolute atomic E-state index is 12.2. The summed E-state index contributed by atoms with van der Waals surface area (Å²) >= 11 is 0. The van der Waals surface area contributed by atoms with E-state index in [0.717, 1.165) is 36.5 Å². The molecule has 0 radical (unpaired) electrons. The Morgan fingerprint density at radius 1 is 1.40 bits per heavy atom. The lowest BCUT2D eigenvalue weighted by Gasteiger charge is -2.33. The molecule has 0 aromatic heterocycles. The first-order chi connectivity index (χ1) is 9.09. The summed E-state index contributed by atoms with van der Waals surface area (Å²) in [4.78, 5) is 14.1. The average molecular weight is 299 g/mol. The third kappa shape index (κ3) is 3.87. The summed E-state index contributed by atoms with van der Waals surface area (Å²) in [5.41, 5.74) is 2.14. The zero-order chi connectivity index (χ0) is 13.8. The molecule has 1 heterocycles. The van der Waals surface area contributed by atoms with Gasteiger partial charge in [0.05, 0.1) is 0 Å². The summed E-state index contributed by atoms with van der Waals surface area (Å²) in [6.45, 7) is 8.66. The fourth-order valence-electron chi connectivity index (χ4n) is 2.46. The van der Waals surface area contributed by atoms with E-state index in [2.05, 4.69) is 12.2 Å². The van der Waals surface area contributed by atoms with Crippen molar-refractivity contribution in [3.05, 3.63) is 29.3 Å². The molecule has 4 nitrogen and oxygen atoms in total. The number of benzene rings is 1. The van der Waals surface area contributed by atoms with Crippen LogP contribution in [0.2, 0.25) is 0 Å². The van der Waals surface area contributed by atoms with E-state index in [0.29, 0.717) is 0 Å². The average Bonchev–Trinajstić information content (AvgIpc) is 2.38. The highest BCUT2D eigenvalue weighted by Crippen LogP contribution is 2.22. The number of carbonyl (C=O) groups excluding carboxylic acids is 1. The number of rotatable bonds is 3. The fourth-order valence-corrected chi connectivity index (χ4v) is 2.46. The second-order valence-corrected chi connectivity index (χ2v) is 5.15. The minimum atomic E-state index is 0. The van der Waals surface area contributed by atoms with E-state index < -0.39 is 0 Å². The molecular formula is C15H23ClN2O2. The summed E-state index contributed by atoms with van der Waals surface area (Å²) in [6, 6.07) is 6.24. The number of aryl methyl sites for hydroxylation is 2. The number of nitrogens with zero attached hydrogens (tertiary/aromatic N) is 1. The van der Waals surface area contributed by atoms with Crippen molar-refractivity contribution in [1.29, 1.82) is 0 Å². The maximum Gasteiger partial charge on any atom is 0.260 e. The second-order valence-electron chi connectivity index (χ2n) is 5.15. The number of amides is 1. The van der Waals surface area contributed by atoms with E-state index in [-0.39, 0.29) is 31.0 Å². The standard InChI is InChI=1S/C15H22N2O2.ClH/c1-11-5-4-6-12(2)15(11)19-10-14(18)17-8-7-16-9-13(17)3;/h4-6,13,16H,7-10H2,1-3H3;1H/t13-;/m1./s1. The van der Waals surface area contributed by atoms with Gasteiger partial charge in [0.2, 0.25) is 0 Å². The molecule has 1 aliphatic heterocycles. The van der Waals surface area contributed by atoms with Gasteiger partial charge in [-0.2, -0.15) is 0 Å². The lowest BCUT2D eigenvalue weighted by molar-refractivity contribution is -0.136. The van der Waals surface area contributed by atoms with Crippen molar-refractivity contribution in [2.75, 3.05) is 26.2 Å². The van der Waals surface area contributed by atoms with Gasteiger partial charge in [-0.15, -0.1) is 12.4 Å². The third-order valence-corrected chi connectivity index (χ3v) is 3.57. The second kappa shape index (κ2) is 7.50. The van der Waals surface area contributed by atoms with Crippen molar-refractivity contribution in [2.45, 2.75) is 26.8 Å². The Balaban J connectivity index is 0.00000200. The molecule has 0 unspecified atom stereocenters. The first-order valence-corrected chi connectivity index (χ1v) is 6.79. The molecule has 0 saturated carbocycles. The van der Waals surface area contributed by atoms with Crippen LogP contribution in [0.4, 0.5) is 0 Å². The van der Waals surface area contributed by atoms with E-state index in [4.69, 9.17) is 4.74 Å². The van der Waals surface area contributed by atoms with Gasteiger partial charge in [0, 0.05) is 25.7 Å². The molecule has 0 bridgehead atoms. The fraction of sp³-hybridized carbons (Fsp3) is 0.533. The molecule has 20 heavy (non-hydrogen) atoms. The number of ether oxygens (including phenoxy) is 1. The lowest BCUT2D eigenvalue weighted by Crippen LogP contribution is -2.53. The molecule has 1 fully saturated rings. The maximum atomic E-state index is 12.2. The van der Waals surface area contributed by atoms with Gasteiger partial charge >= 0.3 is 0 Å². The molecule has 2 rings (SSSR count). The van der Waals surface area contributed by atoms with Gasteiger partial charge < -0.3 is 15.0 Å². The minimum Gasteiger partial charge on any atom is -0.483 e. The van der Waals surface area contributed by atoms with E-state index in [1.165, 1.54) is 0 Å². The zero-order valence-corrected chi connectivity index (χ0v) is 13.1. The van der Waals surface area contributed by atoms with Crippen LogP contribution in [0.5, 0.6) is 5.75 Å². The summed E-state index contributed by atoms with van der Waals surface area (Å²) in [7, 11) is 0. The summed E-state index contributed by atoms with van der Waals surface area (Å²) in [5.74, 6) is 0.898. The van der Waals surface area contributed by atoms with E-state index in [1.54, 1.807) is 0 Å². The Hall–Kier alpha value is -1.26. The van der Waals surface area contributed by atoms with Crippen LogP contribution in [0.1, 0.15) is 18.1 Å². The van der Waals surface area contributed by atoms with Crippen LogP contribution in [0, 0.1) is 13.8 Å². The van der Waals surface area contributed by atoms with Crippen molar-refractivity contribution >= 4 is 18.3 Å². The largest absolute Gasteiger partial charge is 0.483 e. The molecule has 1 aromatic rings. The molecular weight excluding hydrogens is 276 g/mol. The van der Waals surface area contributed by atoms with Crippen molar-refractivity contribution < 1.29 is 9.53 Å². The highest BCUT2D eigenvalue weighted by Gasteiger charge is 2.23. The predicted molar refractivity (Wildman–Crippen MR) is 82.7 cm³/mol. The van der Waals surface area contributed by atoms with Gasteiger partial charge in [-0.1, -0.05) is 18.2 Å². The van der Waals surface area contributed by atoms with Crippen LogP contribution in [-0.2, 0) is 4.79 Å². The van der Waals surface area contributed by atoms with Crippen molar-refractivity contribution in [3.63, 3.8) is 0 Å². The normalized spacial score (nSPS) is 18.4. The highest BCUT2D eigenvalue weighted by molar-refractivity contribution is 5.85. The molecule has 1 saturated heterocycles. The Kier molecular flexibility index (Phi) is 6.30. The Labute approximate surface area is 126 Å². The van der Waals surface area contributed by atoms with E-state index in [1.807, 2.05) is 36.9 Å². The third-order valence-electron chi connectivity index (χ3n) is 3.57. The molecule has 0 aliphatic carbocycles. The molecule has 1 atom stereocenters. The smallest absolute Gasteiger partial charge is 0.260 e. The van der Waals surface area contributed by atoms with Crippen molar-refractivity contribution in [2.24, 2.45) is 0 Å². The SMILES string of the molecule is Cc1cccc(C)c1OCC(=O)N1CCNC[C@H]1C.Cl. The van der Waals surface area contributed by atoms with E-state index in [9.17, 15) is 4.79 Å². The number of hydrogen-bond donors (Lipinski definition) is 1. The van der Waals surface area contributed by atoms with E-state index >= 15 is 0 Å². The Morgan fingerprint density at radius 2 is 2.05 bits per heavy atom. The van der Waals surface area contributed by atoms with Gasteiger partial charge in [0.1, 0.15) is 5.75 Å². The molecule has 5 heteroatoms. The number of nitrogens with one attached hydrogen (secondary N) is 1. The molecule has 0 spiro atoms. The number of hydrogen-bond acceptors (Lipinski definition) is 3. The van der Waals surface area contributed by atoms with Crippen molar-refractivity contribution in [3.8, 4) is 5.75 Å². The monoisotopic (exact) mass is 298 g/mol. The highest BCUT2D eigenvalue weighted by atomic mass is 35.5. The topological polar surface area (TPSA) is 41.6 Å².